The predicted octanol–water partition coefficient (Wildman–Crippen LogP) is 4.58. The Morgan fingerprint density at radius 3 is 2.62 bits per heavy atom. The van der Waals surface area contributed by atoms with E-state index in [4.69, 9.17) is 16.3 Å². The number of halogens is 5. The Hall–Kier alpha value is -1.54. The van der Waals surface area contributed by atoms with Crippen molar-refractivity contribution in [2.45, 2.75) is 12.7 Å². The Balaban J connectivity index is 2.29. The third-order valence-electron chi connectivity index (χ3n) is 2.57. The number of thiazole rings is 1. The molecule has 0 fully saturated rings. The number of hydrogen-bond acceptors (Lipinski definition) is 4. The first kappa shape index (κ1) is 15.8. The second kappa shape index (κ2) is 6.07. The van der Waals surface area contributed by atoms with Crippen molar-refractivity contribution in [1.82, 2.24) is 4.98 Å². The number of alkyl halides is 3. The molecule has 0 amide bonds. The van der Waals surface area contributed by atoms with Crippen molar-refractivity contribution in [1.29, 1.82) is 0 Å². The van der Waals surface area contributed by atoms with Crippen LogP contribution in [0.1, 0.15) is 10.4 Å². The number of rotatable bonds is 4. The van der Waals surface area contributed by atoms with Crippen LogP contribution >= 0.6 is 22.9 Å². The zero-order valence-electron chi connectivity index (χ0n) is 10.6. The number of benzene rings is 1. The average Bonchev–Trinajstić information content (AvgIpc) is 2.82. The van der Waals surface area contributed by atoms with Crippen LogP contribution in [-0.4, -0.2) is 12.1 Å². The number of ether oxygens (including phenoxy) is 1. The Morgan fingerprint density at radius 1 is 1.38 bits per heavy atom. The summed E-state index contributed by atoms with van der Waals surface area (Å²) in [7, 11) is 1.21. The molecule has 0 saturated carbocycles. The van der Waals surface area contributed by atoms with Crippen molar-refractivity contribution in [3.63, 3.8) is 0 Å². The Kier molecular flexibility index (Phi) is 4.58. The summed E-state index contributed by atoms with van der Waals surface area (Å²) in [5, 5.41) is 2.59. The molecule has 0 bridgehead atoms. The normalized spacial score (nSPS) is 11.5. The van der Waals surface area contributed by atoms with Crippen molar-refractivity contribution in [3.8, 4) is 5.75 Å². The molecular weight excluding hydrogens is 332 g/mol. The van der Waals surface area contributed by atoms with Gasteiger partial charge in [0, 0.05) is 17.1 Å². The molecule has 2 rings (SSSR count). The van der Waals surface area contributed by atoms with Crippen molar-refractivity contribution in [3.05, 3.63) is 39.1 Å². The molecule has 1 aromatic heterocycles. The predicted molar refractivity (Wildman–Crippen MR) is 72.4 cm³/mol. The Morgan fingerprint density at radius 2 is 2.10 bits per heavy atom. The summed E-state index contributed by atoms with van der Waals surface area (Å²) < 4.78 is 57.3. The summed E-state index contributed by atoms with van der Waals surface area (Å²) in [5.41, 5.74) is -1.68. The van der Waals surface area contributed by atoms with Crippen LogP contribution in [0.5, 0.6) is 5.75 Å². The van der Waals surface area contributed by atoms with Gasteiger partial charge in [0.05, 0.1) is 24.9 Å². The Labute approximate surface area is 126 Å². The summed E-state index contributed by atoms with van der Waals surface area (Å²) in [6.07, 6.45) is -3.34. The fourth-order valence-electron chi connectivity index (χ4n) is 1.60. The molecule has 0 aliphatic rings. The van der Waals surface area contributed by atoms with E-state index in [1.807, 2.05) is 0 Å². The molecule has 0 atom stereocenters. The summed E-state index contributed by atoms with van der Waals surface area (Å²) >= 11 is 6.79. The molecule has 21 heavy (non-hydrogen) atoms. The highest BCUT2D eigenvalue weighted by Gasteiger charge is 2.36. The minimum absolute atomic E-state index is 0.0893. The van der Waals surface area contributed by atoms with E-state index in [1.165, 1.54) is 13.3 Å². The molecule has 0 unspecified atom stereocenters. The first-order chi connectivity index (χ1) is 9.81. The molecule has 3 nitrogen and oxygen atoms in total. The van der Waals surface area contributed by atoms with Gasteiger partial charge < -0.3 is 10.1 Å². The zero-order valence-corrected chi connectivity index (χ0v) is 12.2. The maximum atomic E-state index is 13.9. The van der Waals surface area contributed by atoms with E-state index in [0.717, 1.165) is 17.4 Å². The van der Waals surface area contributed by atoms with Gasteiger partial charge in [0.15, 0.2) is 10.3 Å². The molecular formula is C12H9ClF4N2OS. The lowest BCUT2D eigenvalue weighted by Crippen LogP contribution is -2.11. The minimum Gasteiger partial charge on any atom is -0.497 e. The molecule has 1 N–H and O–H groups in total. The van der Waals surface area contributed by atoms with Crippen molar-refractivity contribution < 1.29 is 22.3 Å². The number of methoxy groups -OCH3 is 1. The maximum absolute atomic E-state index is 13.9. The lowest BCUT2D eigenvalue weighted by Gasteiger charge is -2.14. The highest BCUT2D eigenvalue weighted by molar-refractivity contribution is 7.15. The molecule has 2 aromatic rings. The van der Waals surface area contributed by atoms with Gasteiger partial charge in [-0.05, 0) is 6.07 Å². The third kappa shape index (κ3) is 3.76. The van der Waals surface area contributed by atoms with Crippen LogP contribution in [0.2, 0.25) is 4.47 Å². The highest BCUT2D eigenvalue weighted by Crippen LogP contribution is 2.37. The molecule has 1 heterocycles. The van der Waals surface area contributed by atoms with E-state index in [1.54, 1.807) is 0 Å². The van der Waals surface area contributed by atoms with E-state index in [2.05, 4.69) is 10.3 Å². The van der Waals surface area contributed by atoms with Crippen LogP contribution in [0.15, 0.2) is 18.3 Å². The molecule has 9 heteroatoms. The van der Waals surface area contributed by atoms with Gasteiger partial charge in [-0.15, -0.1) is 11.3 Å². The smallest absolute Gasteiger partial charge is 0.419 e. The number of hydrogen-bond donors (Lipinski definition) is 1. The number of nitrogens with one attached hydrogen (secondary N) is 1. The lowest BCUT2D eigenvalue weighted by molar-refractivity contribution is -0.140. The average molecular weight is 341 g/mol. The standard InChI is InChI=1S/C12H9ClF4N2OS/c1-20-6-2-8(12(15,16)17)10(14)9(3-6)18-4-7-5-19-11(13)21-7/h2-3,5,18H,4H2,1H3. The quantitative estimate of drug-likeness (QED) is 0.827. The van der Waals surface area contributed by atoms with Crippen LogP contribution in [0.3, 0.4) is 0 Å². The van der Waals surface area contributed by atoms with Crippen LogP contribution < -0.4 is 10.1 Å². The molecule has 0 aliphatic heterocycles. The number of nitrogens with zero attached hydrogens (tertiary/aromatic N) is 1. The van der Waals surface area contributed by atoms with Crippen LogP contribution in [0, 0.1) is 5.82 Å². The topological polar surface area (TPSA) is 34.1 Å². The van der Waals surface area contributed by atoms with Crippen LogP contribution in [-0.2, 0) is 12.7 Å². The summed E-state index contributed by atoms with van der Waals surface area (Å²) in [5.74, 6) is -1.47. The van der Waals surface area contributed by atoms with Gasteiger partial charge in [-0.25, -0.2) is 9.37 Å². The molecule has 114 valence electrons. The van der Waals surface area contributed by atoms with Crippen LogP contribution in [0.4, 0.5) is 23.2 Å². The zero-order chi connectivity index (χ0) is 15.6. The van der Waals surface area contributed by atoms with Gasteiger partial charge in [-0.3, -0.25) is 0 Å². The minimum atomic E-state index is -4.80. The van der Waals surface area contributed by atoms with Crippen molar-refractivity contribution >= 4 is 28.6 Å². The molecule has 0 aliphatic carbocycles. The molecule has 1 aromatic carbocycles. The second-order valence-electron chi connectivity index (χ2n) is 3.97. The fourth-order valence-corrected chi connectivity index (χ4v) is 2.52. The van der Waals surface area contributed by atoms with Gasteiger partial charge in [0.1, 0.15) is 5.75 Å². The molecule has 0 spiro atoms. The van der Waals surface area contributed by atoms with Gasteiger partial charge >= 0.3 is 6.18 Å². The van der Waals surface area contributed by atoms with E-state index in [9.17, 15) is 17.6 Å². The van der Waals surface area contributed by atoms with Gasteiger partial charge in [0.2, 0.25) is 0 Å². The van der Waals surface area contributed by atoms with Gasteiger partial charge in [-0.1, -0.05) is 11.6 Å². The molecule has 0 radical (unpaired) electrons. The van der Waals surface area contributed by atoms with Gasteiger partial charge in [-0.2, -0.15) is 13.2 Å². The summed E-state index contributed by atoms with van der Waals surface area (Å²) in [6, 6.07) is 1.78. The summed E-state index contributed by atoms with van der Waals surface area (Å²) in [4.78, 5) is 4.45. The van der Waals surface area contributed by atoms with Gasteiger partial charge in [0.25, 0.3) is 0 Å². The maximum Gasteiger partial charge on any atom is 0.419 e. The Bertz CT molecular complexity index is 645. The first-order valence-electron chi connectivity index (χ1n) is 5.60. The second-order valence-corrected chi connectivity index (χ2v) is 5.66. The number of aromatic nitrogens is 1. The van der Waals surface area contributed by atoms with E-state index >= 15 is 0 Å². The lowest BCUT2D eigenvalue weighted by atomic mass is 10.1. The summed E-state index contributed by atoms with van der Waals surface area (Å²) in [6.45, 7) is 0.103. The largest absolute Gasteiger partial charge is 0.497 e. The van der Waals surface area contributed by atoms with Crippen molar-refractivity contribution in [2.24, 2.45) is 0 Å². The third-order valence-corrected chi connectivity index (χ3v) is 3.68. The highest BCUT2D eigenvalue weighted by atomic mass is 35.5. The van der Waals surface area contributed by atoms with Crippen molar-refractivity contribution in [2.75, 3.05) is 12.4 Å². The fraction of sp³-hybridized carbons (Fsp3) is 0.250. The monoisotopic (exact) mass is 340 g/mol. The first-order valence-corrected chi connectivity index (χ1v) is 6.79. The van der Waals surface area contributed by atoms with E-state index < -0.39 is 17.6 Å². The van der Waals surface area contributed by atoms with E-state index in [-0.39, 0.29) is 18.0 Å². The molecule has 0 saturated heterocycles. The number of anilines is 1. The van der Waals surface area contributed by atoms with E-state index in [0.29, 0.717) is 15.4 Å². The SMILES string of the molecule is COc1cc(NCc2cnc(Cl)s2)c(F)c(C(F)(F)F)c1. The van der Waals surface area contributed by atoms with Crippen LogP contribution in [0.25, 0.3) is 0 Å².